The van der Waals surface area contributed by atoms with Gasteiger partial charge >= 0.3 is 54.0 Å². The number of nitrogens with zero attached hydrogens (tertiary/aromatic N) is 4. The van der Waals surface area contributed by atoms with Crippen molar-refractivity contribution < 1.29 is 158 Å². The average molecular weight is 1850 g/mol. The Balaban J connectivity index is 0.000000144. The van der Waals surface area contributed by atoms with Crippen molar-refractivity contribution in [3.05, 3.63) is 227 Å². The van der Waals surface area contributed by atoms with E-state index in [0.717, 1.165) is 29.2 Å². The first-order chi connectivity index (χ1) is 58.7. The molecule has 4 aromatic heterocycles. The van der Waals surface area contributed by atoms with Crippen LogP contribution in [-0.4, -0.2) is 178 Å². The number of ether oxygens (including phenoxy) is 4. The van der Waals surface area contributed by atoms with Gasteiger partial charge < -0.3 is 77.9 Å². The van der Waals surface area contributed by atoms with Crippen LogP contribution >= 0.6 is 80.2 Å². The Morgan fingerprint density at radius 3 is 0.967 bits per heavy atom. The summed E-state index contributed by atoms with van der Waals surface area (Å²) in [6.07, 6.45) is -23.4. The van der Waals surface area contributed by atoms with Crippen LogP contribution in [0.25, 0.3) is 0 Å². The number of H-pyrrole nitrogens is 4. The largest absolute Gasteiger partial charge is 0.530 e. The molecule has 52 heteroatoms. The molecule has 8 aromatic rings. The molecule has 0 spiro atoms. The average Bonchev–Trinajstić information content (AvgIpc) is 1.56. The van der Waals surface area contributed by atoms with Crippen molar-refractivity contribution in [2.75, 3.05) is 26.3 Å². The van der Waals surface area contributed by atoms with Gasteiger partial charge in [0.05, 0.1) is 34.7 Å². The number of fused-ring (bicyclic) bond motifs is 4. The quantitative estimate of drug-likeness (QED) is 0.0254. The van der Waals surface area contributed by atoms with E-state index in [9.17, 15) is 78.3 Å². The van der Waals surface area contributed by atoms with Gasteiger partial charge in [-0.3, -0.25) is 74.4 Å². The molecule has 0 radical (unpaired) electrons. The number of halogens is 4. The van der Waals surface area contributed by atoms with Gasteiger partial charge in [0.1, 0.15) is 117 Å². The predicted molar refractivity (Wildman–Crippen MR) is 408 cm³/mol. The van der Waals surface area contributed by atoms with Crippen LogP contribution in [-0.2, 0) is 99.8 Å². The highest BCUT2D eigenvalue weighted by Crippen LogP contribution is 2.61. The van der Waals surface area contributed by atoms with Gasteiger partial charge in [-0.15, -0.1) is 0 Å². The van der Waals surface area contributed by atoms with E-state index in [0.29, 0.717) is 64.0 Å². The molecule has 4 fully saturated rings. The van der Waals surface area contributed by atoms with E-state index in [1.807, 2.05) is 0 Å². The summed E-state index contributed by atoms with van der Waals surface area (Å²) in [4.78, 5) is 57.2. The number of aromatic nitrogens is 8. The molecule has 16 rings (SSSR count). The molecule has 8 aliphatic heterocycles. The number of hydrogen-bond acceptors (Lipinski definition) is 36. The number of para-hydroxylation sites is 4. The summed E-state index contributed by atoms with van der Waals surface area (Å²) in [5, 5.41) is 82.0. The van der Waals surface area contributed by atoms with Crippen LogP contribution in [0.3, 0.4) is 0 Å². The molecule has 40 nitrogen and oxygen atoms in total. The zero-order valence-electron chi connectivity index (χ0n) is 67.7. The van der Waals surface area contributed by atoms with Crippen LogP contribution in [0.4, 0.5) is 17.6 Å². The predicted octanol–water partition coefficient (Wildman–Crippen LogP) is 7.46. The lowest BCUT2D eigenvalue weighted by Gasteiger charge is -2.29. The lowest BCUT2D eigenvalue weighted by Crippen LogP contribution is -2.43. The minimum Gasteiger partial charge on any atom is -0.403 e. The second-order valence-corrected chi connectivity index (χ2v) is 34.8. The molecule has 648 valence electrons. The second-order valence-electron chi connectivity index (χ2n) is 26.8. The number of phosphoric ester groups is 4. The summed E-state index contributed by atoms with van der Waals surface area (Å²) in [5.74, 6) is -13.2. The zero-order valence-corrected chi connectivity index (χ0v) is 68.5. The molecule has 120 heavy (non-hydrogen) atoms. The molecular weight excluding hydrogens is 1770 g/mol. The third-order valence-electron chi connectivity index (χ3n) is 18.4. The van der Waals surface area contributed by atoms with Gasteiger partial charge in [0.15, 0.2) is 24.9 Å². The Labute approximate surface area is 700 Å². The fourth-order valence-electron chi connectivity index (χ4n) is 12.1. The van der Waals surface area contributed by atoms with Crippen molar-refractivity contribution in [2.45, 2.75) is 151 Å². The van der Waals surface area contributed by atoms with E-state index in [-0.39, 0.29) is 62.2 Å². The Hall–Kier alpha value is -7.68. The number of aryl methyl sites for hydroxylation is 4. The molecule has 12 N–H and O–H groups in total. The molecule has 4 aromatic carbocycles. The highest BCUT2D eigenvalue weighted by atomic mass is 32.1. The second kappa shape index (κ2) is 35.2. The van der Waals surface area contributed by atoms with Crippen LogP contribution < -0.4 is 40.9 Å². The number of nitrogens with one attached hydrogen (secondary N) is 4. The number of hydrogen-bond donors (Lipinski definition) is 12. The Bertz CT molecular complexity index is 6320. The number of aromatic amines is 4. The number of alkyl halides is 4. The van der Waals surface area contributed by atoms with E-state index < -0.39 is 177 Å². The maximum Gasteiger partial charge on any atom is 0.530 e. The van der Waals surface area contributed by atoms with Gasteiger partial charge in [-0.05, 0) is 74.2 Å². The normalized spacial score (nSPS) is 35.3. The Morgan fingerprint density at radius 2 is 0.650 bits per heavy atom. The monoisotopic (exact) mass is 1850 g/mol. The van der Waals surface area contributed by atoms with Crippen LogP contribution in [0.5, 0.6) is 23.0 Å². The van der Waals surface area contributed by atoms with E-state index in [2.05, 4.69) is 19.9 Å². The SMILES string of the molecule is Cc1cccc2c1OP(=O)(OC[C@@]1(F)O[C@@H](n3ccc(=S)[nH]c3=O)[C@H](O)[C@@H]1O)OC2.[2H]C([2H])(OP1(=O)OCc2cccc(C)c2O1)[C@@]1(F)O[C@@H](n2ccc(=S)[nH]c2=O)[C@H](O)[C@@H]1O.[2H]C([2H])(OP1(=O)OCc2cccc(C)c2O1)[C@@]1(F)O[C@@]([2H])(n2ccc(=S)[nH]c2=O)[C@H](O)[C@@H]1O.[2H][C@@]1(n2ccc(=S)[nH]c2=O)O[C@](F)(COP2(=O)OCc3cccc(C)c3O2)[C@@H](O)[C@H]1O. The van der Waals surface area contributed by atoms with Gasteiger partial charge in [0, 0.05) is 47.0 Å². The third kappa shape index (κ3) is 18.9. The topological polar surface area (TPSA) is 529 Å². The van der Waals surface area contributed by atoms with Crippen molar-refractivity contribution in [1.29, 1.82) is 0 Å². The summed E-state index contributed by atoms with van der Waals surface area (Å²) in [7, 11) is -18.1. The first-order valence-corrected chi connectivity index (χ1v) is 42.2. The molecular formula is C68H72F4N8O32P4S4. The van der Waals surface area contributed by atoms with Crippen LogP contribution in [0.15, 0.2) is 141 Å². The molecule has 4 unspecified atom stereocenters. The van der Waals surface area contributed by atoms with Gasteiger partial charge in [0.25, 0.3) is 23.4 Å². The first-order valence-electron chi connectivity index (χ1n) is 37.7. The highest BCUT2D eigenvalue weighted by Gasteiger charge is 2.62. The summed E-state index contributed by atoms with van der Waals surface area (Å²) >= 11 is 19.2. The van der Waals surface area contributed by atoms with E-state index in [1.54, 1.807) is 100 Å². The standard InChI is InChI=1S/4C17H18FN2O8PS/c4*1-9-3-2-4-10-7-25-29(24,28-13(9)10)26-8-17(18)14(22)12(21)15(27-17)20-6-5-11(30)19-16(20)23/h4*2-6,12,14-15,21-22H,7-8H2,1H3,(H,19,23,30)/t4*12-,14+,15-,17-,29?/m1111/s1/i8D2,15D;15D;8D2;. The minimum atomic E-state index is -4.80. The van der Waals surface area contributed by atoms with Gasteiger partial charge in [-0.1, -0.05) is 122 Å². The zero-order chi connectivity index (χ0) is 92.2. The fourth-order valence-corrected chi connectivity index (χ4v) is 17.7. The Kier molecular flexibility index (Phi) is 24.0. The number of phosphoric acid groups is 4. The number of benzene rings is 4. The summed E-state index contributed by atoms with van der Waals surface area (Å²) in [5.41, 5.74) is 0.917. The Morgan fingerprint density at radius 1 is 0.400 bits per heavy atom. The smallest absolute Gasteiger partial charge is 0.403 e. The van der Waals surface area contributed by atoms with Crippen molar-refractivity contribution in [1.82, 2.24) is 38.2 Å². The molecule has 0 saturated carbocycles. The van der Waals surface area contributed by atoms with Crippen molar-refractivity contribution in [2.24, 2.45) is 0 Å². The van der Waals surface area contributed by atoms with E-state index in [1.165, 1.54) is 24.4 Å². The van der Waals surface area contributed by atoms with Crippen molar-refractivity contribution in [3.63, 3.8) is 0 Å². The maximum absolute atomic E-state index is 15.8. The van der Waals surface area contributed by atoms with E-state index >= 15 is 17.6 Å². The third-order valence-corrected chi connectivity index (χ3v) is 24.3. The summed E-state index contributed by atoms with van der Waals surface area (Å²) in [6, 6.07) is 25.2. The number of aliphatic hydroxyl groups is 8. The molecule has 4 saturated heterocycles. The molecule has 20 atom stereocenters. The summed E-state index contributed by atoms with van der Waals surface area (Å²) < 4.78 is 245. The van der Waals surface area contributed by atoms with Crippen LogP contribution in [0, 0.1) is 46.3 Å². The molecule has 0 bridgehead atoms. The van der Waals surface area contributed by atoms with Crippen molar-refractivity contribution in [3.8, 4) is 23.0 Å². The van der Waals surface area contributed by atoms with Crippen molar-refractivity contribution >= 4 is 80.2 Å². The first kappa shape index (κ1) is 82.0. The highest BCUT2D eigenvalue weighted by molar-refractivity contribution is 7.72. The lowest BCUT2D eigenvalue weighted by atomic mass is 10.1. The molecule has 12 heterocycles. The van der Waals surface area contributed by atoms with Gasteiger partial charge in [-0.25, -0.2) is 55.0 Å². The van der Waals surface area contributed by atoms with Crippen LogP contribution in [0.1, 0.15) is 77.6 Å². The lowest BCUT2D eigenvalue weighted by molar-refractivity contribution is -0.205. The minimum absolute atomic E-state index is 0.0352. The number of aliphatic hydroxyl groups excluding tert-OH is 8. The number of rotatable bonds is 16. The maximum atomic E-state index is 15.8. The van der Waals surface area contributed by atoms with E-state index in [4.69, 9.17) is 130 Å². The summed E-state index contributed by atoms with van der Waals surface area (Å²) in [6.45, 7) is -3.82. The van der Waals surface area contributed by atoms with Gasteiger partial charge in [-0.2, -0.15) is 0 Å². The molecule has 0 amide bonds. The van der Waals surface area contributed by atoms with Crippen LogP contribution in [0.2, 0.25) is 0 Å². The molecule has 0 aliphatic carbocycles. The van der Waals surface area contributed by atoms with Gasteiger partial charge in [0.2, 0.25) is 0 Å². The molecule has 8 aliphatic rings. The fraction of sp³-hybridized carbons (Fsp3) is 0.412.